The van der Waals surface area contributed by atoms with Gasteiger partial charge in [0.25, 0.3) is 0 Å². The maximum absolute atomic E-state index is 12.8. The molecule has 0 aromatic heterocycles. The molecule has 1 aliphatic rings. The van der Waals surface area contributed by atoms with E-state index in [4.69, 9.17) is 4.74 Å². The summed E-state index contributed by atoms with van der Waals surface area (Å²) in [6.07, 6.45) is -0.368. The highest BCUT2D eigenvalue weighted by Gasteiger charge is 2.32. The highest BCUT2D eigenvalue weighted by molar-refractivity contribution is 5.89. The second-order valence-electron chi connectivity index (χ2n) is 7.57. The molecule has 0 fully saturated rings. The summed E-state index contributed by atoms with van der Waals surface area (Å²) in [5.41, 5.74) is 4.48. The maximum Gasteiger partial charge on any atom is 0.407 e. The van der Waals surface area contributed by atoms with Crippen molar-refractivity contribution in [2.24, 2.45) is 0 Å². The van der Waals surface area contributed by atoms with Gasteiger partial charge < -0.3 is 20.1 Å². The number of carbonyl (C=O) groups is 3. The second kappa shape index (κ2) is 9.64. The standard InChI is InChI=1S/C24H28N2O5/c1-4-21(22(27)26(5-2)15(3)23(28)29)25-24(30)31-14-20-18-12-8-6-10-16(18)17-11-7-9-13-19(17)20/h6-13,15,20-21H,4-5,14H2,1-3H3,(H,25,30)(H,28,29). The molecule has 0 radical (unpaired) electrons. The molecule has 0 saturated heterocycles. The highest BCUT2D eigenvalue weighted by atomic mass is 16.5. The Morgan fingerprint density at radius 2 is 1.58 bits per heavy atom. The van der Waals surface area contributed by atoms with Crippen molar-refractivity contribution in [2.45, 2.75) is 45.2 Å². The summed E-state index contributed by atoms with van der Waals surface area (Å²) in [5.74, 6) is -1.60. The summed E-state index contributed by atoms with van der Waals surface area (Å²) in [6, 6.07) is 14.3. The van der Waals surface area contributed by atoms with E-state index in [1.54, 1.807) is 13.8 Å². The van der Waals surface area contributed by atoms with Crippen molar-refractivity contribution < 1.29 is 24.2 Å². The maximum atomic E-state index is 12.8. The number of ether oxygens (including phenoxy) is 1. The van der Waals surface area contributed by atoms with E-state index in [0.717, 1.165) is 22.3 Å². The number of benzene rings is 2. The zero-order valence-electron chi connectivity index (χ0n) is 18.0. The molecule has 2 unspecified atom stereocenters. The van der Waals surface area contributed by atoms with E-state index in [1.165, 1.54) is 11.8 Å². The van der Waals surface area contributed by atoms with E-state index in [2.05, 4.69) is 17.4 Å². The monoisotopic (exact) mass is 424 g/mol. The van der Waals surface area contributed by atoms with Crippen molar-refractivity contribution in [1.82, 2.24) is 10.2 Å². The molecule has 2 N–H and O–H groups in total. The van der Waals surface area contributed by atoms with E-state index in [0.29, 0.717) is 6.42 Å². The zero-order valence-corrected chi connectivity index (χ0v) is 18.0. The van der Waals surface area contributed by atoms with Gasteiger partial charge in [0.2, 0.25) is 5.91 Å². The van der Waals surface area contributed by atoms with Crippen LogP contribution in [-0.4, -0.2) is 53.2 Å². The van der Waals surface area contributed by atoms with Gasteiger partial charge in [0, 0.05) is 12.5 Å². The molecular formula is C24H28N2O5. The normalized spacial score (nSPS) is 14.2. The van der Waals surface area contributed by atoms with Gasteiger partial charge in [-0.1, -0.05) is 55.5 Å². The predicted molar refractivity (Wildman–Crippen MR) is 117 cm³/mol. The summed E-state index contributed by atoms with van der Waals surface area (Å²) >= 11 is 0. The third kappa shape index (κ3) is 4.55. The van der Waals surface area contributed by atoms with Crippen molar-refractivity contribution in [3.8, 4) is 11.1 Å². The van der Waals surface area contributed by atoms with Crippen molar-refractivity contribution in [1.29, 1.82) is 0 Å². The largest absolute Gasteiger partial charge is 0.480 e. The predicted octanol–water partition coefficient (Wildman–Crippen LogP) is 3.63. The van der Waals surface area contributed by atoms with E-state index in [1.807, 2.05) is 36.4 Å². The van der Waals surface area contributed by atoms with Crippen molar-refractivity contribution >= 4 is 18.0 Å². The van der Waals surface area contributed by atoms with Crippen LogP contribution >= 0.6 is 0 Å². The van der Waals surface area contributed by atoms with E-state index < -0.39 is 30.1 Å². The molecule has 2 atom stereocenters. The molecule has 2 aromatic carbocycles. The number of rotatable bonds is 8. The lowest BCUT2D eigenvalue weighted by Gasteiger charge is -2.29. The Morgan fingerprint density at radius 1 is 1.03 bits per heavy atom. The molecule has 31 heavy (non-hydrogen) atoms. The number of aliphatic carboxylic acids is 1. The van der Waals surface area contributed by atoms with Gasteiger partial charge in [-0.15, -0.1) is 0 Å². The number of carbonyl (C=O) groups excluding carboxylic acids is 2. The van der Waals surface area contributed by atoms with Crippen LogP contribution in [0.25, 0.3) is 11.1 Å². The molecule has 3 rings (SSSR count). The lowest BCUT2D eigenvalue weighted by Crippen LogP contribution is -2.53. The first-order valence-electron chi connectivity index (χ1n) is 10.5. The minimum atomic E-state index is -1.09. The van der Waals surface area contributed by atoms with Crippen LogP contribution in [-0.2, 0) is 14.3 Å². The number of carboxylic acid groups (broad SMARTS) is 1. The molecule has 1 aliphatic carbocycles. The van der Waals surface area contributed by atoms with Crippen LogP contribution in [0.2, 0.25) is 0 Å². The molecule has 0 saturated carbocycles. The molecule has 7 nitrogen and oxygen atoms in total. The SMILES string of the molecule is CCC(NC(=O)OCC1c2ccccc2-c2ccccc21)C(=O)N(CC)C(C)C(=O)O. The van der Waals surface area contributed by atoms with Gasteiger partial charge in [0.15, 0.2) is 0 Å². The minimum absolute atomic E-state index is 0.0758. The lowest BCUT2D eigenvalue weighted by molar-refractivity contribution is -0.150. The number of nitrogens with one attached hydrogen (secondary N) is 1. The van der Waals surface area contributed by atoms with Gasteiger partial charge >= 0.3 is 12.1 Å². The molecule has 0 spiro atoms. The molecular weight excluding hydrogens is 396 g/mol. The summed E-state index contributed by atoms with van der Waals surface area (Å²) in [5, 5.41) is 11.8. The Morgan fingerprint density at radius 3 is 2.06 bits per heavy atom. The molecule has 2 amide bonds. The fourth-order valence-electron chi connectivity index (χ4n) is 4.07. The quantitative estimate of drug-likeness (QED) is 0.675. The van der Waals surface area contributed by atoms with Crippen molar-refractivity contribution in [3.63, 3.8) is 0 Å². The Labute approximate surface area is 182 Å². The molecule has 2 aromatic rings. The molecule has 0 bridgehead atoms. The summed E-state index contributed by atoms with van der Waals surface area (Å²) < 4.78 is 5.51. The summed E-state index contributed by atoms with van der Waals surface area (Å²) in [6.45, 7) is 5.29. The smallest absolute Gasteiger partial charge is 0.407 e. The Bertz CT molecular complexity index is 928. The van der Waals surface area contributed by atoms with Crippen molar-refractivity contribution in [2.75, 3.05) is 13.2 Å². The molecule has 0 heterocycles. The number of alkyl carbamates (subject to hydrolysis) is 1. The number of hydrogen-bond acceptors (Lipinski definition) is 4. The van der Waals surface area contributed by atoms with Crippen molar-refractivity contribution in [3.05, 3.63) is 59.7 Å². The van der Waals surface area contributed by atoms with E-state index >= 15 is 0 Å². The first-order chi connectivity index (χ1) is 14.9. The number of carboxylic acids is 1. The van der Waals surface area contributed by atoms with E-state index in [9.17, 15) is 19.5 Å². The number of nitrogens with zero attached hydrogens (tertiary/aromatic N) is 1. The van der Waals surface area contributed by atoms with Gasteiger partial charge in [-0.3, -0.25) is 4.79 Å². The third-order valence-electron chi connectivity index (χ3n) is 5.79. The van der Waals surface area contributed by atoms with Crippen LogP contribution in [0.1, 0.15) is 44.2 Å². The van der Waals surface area contributed by atoms with Crippen LogP contribution in [0.15, 0.2) is 48.5 Å². The fraction of sp³-hybridized carbons (Fsp3) is 0.375. The Hall–Kier alpha value is -3.35. The van der Waals surface area contributed by atoms with Crippen LogP contribution in [0.4, 0.5) is 4.79 Å². The number of fused-ring (bicyclic) bond motifs is 3. The van der Waals surface area contributed by atoms with Gasteiger partial charge in [-0.2, -0.15) is 0 Å². The van der Waals surface area contributed by atoms with Gasteiger partial charge in [-0.05, 0) is 42.5 Å². The lowest BCUT2D eigenvalue weighted by atomic mass is 9.98. The van der Waals surface area contributed by atoms with E-state index in [-0.39, 0.29) is 19.1 Å². The average Bonchev–Trinajstić information content (AvgIpc) is 3.10. The third-order valence-corrected chi connectivity index (χ3v) is 5.79. The molecule has 164 valence electrons. The Kier molecular flexibility index (Phi) is 6.95. The number of amides is 2. The number of hydrogen-bond donors (Lipinski definition) is 2. The van der Waals surface area contributed by atoms with Crippen LogP contribution in [0, 0.1) is 0 Å². The van der Waals surface area contributed by atoms with Crippen LogP contribution in [0.3, 0.4) is 0 Å². The van der Waals surface area contributed by atoms with Crippen LogP contribution < -0.4 is 5.32 Å². The van der Waals surface area contributed by atoms with Gasteiger partial charge in [0.1, 0.15) is 18.7 Å². The zero-order chi connectivity index (χ0) is 22.5. The highest BCUT2D eigenvalue weighted by Crippen LogP contribution is 2.44. The summed E-state index contributed by atoms with van der Waals surface area (Å²) in [4.78, 5) is 37.8. The molecule has 7 heteroatoms. The topological polar surface area (TPSA) is 95.9 Å². The second-order valence-corrected chi connectivity index (χ2v) is 7.57. The Balaban J connectivity index is 1.67. The number of likely N-dealkylation sites (N-methyl/N-ethyl adjacent to an activating group) is 1. The first kappa shape index (κ1) is 22.3. The minimum Gasteiger partial charge on any atom is -0.480 e. The van der Waals surface area contributed by atoms with Gasteiger partial charge in [-0.25, -0.2) is 9.59 Å². The first-order valence-corrected chi connectivity index (χ1v) is 10.5. The fourth-order valence-corrected chi connectivity index (χ4v) is 4.07. The van der Waals surface area contributed by atoms with Gasteiger partial charge in [0.05, 0.1) is 0 Å². The van der Waals surface area contributed by atoms with Crippen LogP contribution in [0.5, 0.6) is 0 Å². The average molecular weight is 424 g/mol. The summed E-state index contributed by atoms with van der Waals surface area (Å²) in [7, 11) is 0. The molecule has 0 aliphatic heterocycles.